The van der Waals surface area contributed by atoms with E-state index in [1.165, 1.54) is 31.2 Å². The molecule has 0 radical (unpaired) electrons. The normalized spacial score (nSPS) is 10.2. The Bertz CT molecular complexity index is 333. The molecule has 17 heavy (non-hydrogen) atoms. The van der Waals surface area contributed by atoms with Crippen LogP contribution in [0.25, 0.3) is 0 Å². The molecule has 0 aliphatic rings. The molecule has 0 unspecified atom stereocenters. The summed E-state index contributed by atoms with van der Waals surface area (Å²) in [7, 11) is 0. The van der Waals surface area contributed by atoms with Crippen LogP contribution in [0.15, 0.2) is 24.3 Å². The van der Waals surface area contributed by atoms with Gasteiger partial charge in [-0.1, -0.05) is 38.3 Å². The minimum Gasteiger partial charge on any atom is -0.484 e. The van der Waals surface area contributed by atoms with Crippen molar-refractivity contribution in [2.75, 3.05) is 6.61 Å². The van der Waals surface area contributed by atoms with E-state index in [0.29, 0.717) is 5.75 Å². The van der Waals surface area contributed by atoms with Gasteiger partial charge in [0.15, 0.2) is 6.61 Å². The van der Waals surface area contributed by atoms with Gasteiger partial charge in [0.05, 0.1) is 0 Å². The number of aryl methyl sites for hydroxylation is 1. The summed E-state index contributed by atoms with van der Waals surface area (Å²) in [6.45, 7) is 2.15. The van der Waals surface area contributed by atoms with E-state index in [1.807, 2.05) is 24.3 Å². The molecule has 3 nitrogen and oxygen atoms in total. The van der Waals surface area contributed by atoms with E-state index in [-0.39, 0.29) is 6.61 Å². The Hall–Kier alpha value is -1.51. The second kappa shape index (κ2) is 7.71. The highest BCUT2D eigenvalue weighted by Crippen LogP contribution is 2.14. The molecule has 0 spiro atoms. The summed E-state index contributed by atoms with van der Waals surface area (Å²) in [6, 6.07) is 7.86. The second-order valence-corrected chi connectivity index (χ2v) is 4.21. The highest BCUT2D eigenvalue weighted by Gasteiger charge is 1.98. The van der Waals surface area contributed by atoms with Gasteiger partial charge in [0.1, 0.15) is 5.75 Å². The fourth-order valence-corrected chi connectivity index (χ4v) is 1.66. The van der Waals surface area contributed by atoms with Crippen LogP contribution in [0, 0.1) is 0 Å². The first-order valence-corrected chi connectivity index (χ1v) is 6.22. The van der Waals surface area contributed by atoms with E-state index < -0.39 is 5.91 Å². The molecule has 0 saturated heterocycles. The Kier molecular flexibility index (Phi) is 6.15. The summed E-state index contributed by atoms with van der Waals surface area (Å²) in [5.74, 6) is 0.245. The van der Waals surface area contributed by atoms with Crippen molar-refractivity contribution in [1.29, 1.82) is 0 Å². The van der Waals surface area contributed by atoms with E-state index in [2.05, 4.69) is 6.92 Å². The number of ether oxygens (including phenoxy) is 1. The summed E-state index contributed by atoms with van der Waals surface area (Å²) in [6.07, 6.45) is 6.20. The number of nitrogens with two attached hydrogens (primary N) is 1. The molecule has 94 valence electrons. The van der Waals surface area contributed by atoms with Crippen molar-refractivity contribution in [3.63, 3.8) is 0 Å². The monoisotopic (exact) mass is 235 g/mol. The van der Waals surface area contributed by atoms with Crippen LogP contribution in [0.3, 0.4) is 0 Å². The molecule has 0 atom stereocenters. The first-order chi connectivity index (χ1) is 8.22. The highest BCUT2D eigenvalue weighted by molar-refractivity contribution is 5.75. The van der Waals surface area contributed by atoms with Crippen molar-refractivity contribution >= 4 is 5.91 Å². The van der Waals surface area contributed by atoms with Crippen LogP contribution in [-0.4, -0.2) is 12.5 Å². The van der Waals surface area contributed by atoms with Gasteiger partial charge in [-0.05, 0) is 30.5 Å². The van der Waals surface area contributed by atoms with E-state index in [9.17, 15) is 4.79 Å². The van der Waals surface area contributed by atoms with E-state index >= 15 is 0 Å². The van der Waals surface area contributed by atoms with Gasteiger partial charge in [-0.3, -0.25) is 4.79 Å². The highest BCUT2D eigenvalue weighted by atomic mass is 16.5. The first kappa shape index (κ1) is 13.6. The summed E-state index contributed by atoms with van der Waals surface area (Å²) >= 11 is 0. The third-order valence-corrected chi connectivity index (χ3v) is 2.62. The SMILES string of the molecule is CCCCCCc1ccc(OCC(N)=O)cc1. The zero-order valence-electron chi connectivity index (χ0n) is 10.4. The molecule has 0 aliphatic carbocycles. The Morgan fingerprint density at radius 1 is 1.18 bits per heavy atom. The van der Waals surface area contributed by atoms with Gasteiger partial charge in [-0.2, -0.15) is 0 Å². The maximum Gasteiger partial charge on any atom is 0.255 e. The van der Waals surface area contributed by atoms with Gasteiger partial charge in [0.2, 0.25) is 0 Å². The number of rotatable bonds is 8. The molecular formula is C14H21NO2. The molecule has 0 bridgehead atoms. The lowest BCUT2D eigenvalue weighted by Gasteiger charge is -2.05. The maximum atomic E-state index is 10.5. The van der Waals surface area contributed by atoms with Crippen LogP contribution >= 0.6 is 0 Å². The average Bonchev–Trinajstić information content (AvgIpc) is 2.33. The third-order valence-electron chi connectivity index (χ3n) is 2.62. The minimum atomic E-state index is -0.450. The number of unbranched alkanes of at least 4 members (excludes halogenated alkanes) is 3. The van der Waals surface area contributed by atoms with Gasteiger partial charge >= 0.3 is 0 Å². The largest absolute Gasteiger partial charge is 0.484 e. The number of hydrogen-bond donors (Lipinski definition) is 1. The van der Waals surface area contributed by atoms with Crippen LogP contribution < -0.4 is 10.5 Å². The topological polar surface area (TPSA) is 52.3 Å². The van der Waals surface area contributed by atoms with Crippen LogP contribution in [0.4, 0.5) is 0 Å². The van der Waals surface area contributed by atoms with Crippen molar-refractivity contribution in [1.82, 2.24) is 0 Å². The van der Waals surface area contributed by atoms with Crippen molar-refractivity contribution in [2.24, 2.45) is 5.73 Å². The molecule has 3 heteroatoms. The Balaban J connectivity index is 2.31. The fraction of sp³-hybridized carbons (Fsp3) is 0.500. The number of hydrogen-bond acceptors (Lipinski definition) is 2. The van der Waals surface area contributed by atoms with Gasteiger partial charge in [-0.25, -0.2) is 0 Å². The lowest BCUT2D eigenvalue weighted by Crippen LogP contribution is -2.19. The van der Waals surface area contributed by atoms with Gasteiger partial charge in [0.25, 0.3) is 5.91 Å². The zero-order chi connectivity index (χ0) is 12.5. The third kappa shape index (κ3) is 5.95. The zero-order valence-corrected chi connectivity index (χ0v) is 10.4. The van der Waals surface area contributed by atoms with E-state index in [1.54, 1.807) is 0 Å². The molecule has 0 aromatic heterocycles. The van der Waals surface area contributed by atoms with E-state index in [4.69, 9.17) is 10.5 Å². The molecule has 0 aliphatic heterocycles. The lowest BCUT2D eigenvalue weighted by molar-refractivity contribution is -0.119. The molecule has 2 N–H and O–H groups in total. The van der Waals surface area contributed by atoms with Crippen molar-refractivity contribution in [3.8, 4) is 5.75 Å². The number of amides is 1. The van der Waals surface area contributed by atoms with Crippen LogP contribution in [0.5, 0.6) is 5.75 Å². The number of carbonyl (C=O) groups excluding carboxylic acids is 1. The molecule has 1 aromatic rings. The van der Waals surface area contributed by atoms with Gasteiger partial charge < -0.3 is 10.5 Å². The smallest absolute Gasteiger partial charge is 0.255 e. The predicted molar refractivity (Wildman–Crippen MR) is 69.0 cm³/mol. The molecule has 0 fully saturated rings. The molecule has 1 amide bonds. The molecule has 0 heterocycles. The second-order valence-electron chi connectivity index (χ2n) is 4.21. The minimum absolute atomic E-state index is 0.0597. The summed E-state index contributed by atoms with van der Waals surface area (Å²) in [5.41, 5.74) is 6.31. The standard InChI is InChI=1S/C14H21NO2/c1-2-3-4-5-6-12-7-9-13(10-8-12)17-11-14(15)16/h7-10H,2-6,11H2,1H3,(H2,15,16). The molecule has 1 aromatic carbocycles. The van der Waals surface area contributed by atoms with Gasteiger partial charge in [0, 0.05) is 0 Å². The Labute approximate surface area is 103 Å². The quantitative estimate of drug-likeness (QED) is 0.704. The first-order valence-electron chi connectivity index (χ1n) is 6.22. The van der Waals surface area contributed by atoms with Crippen LogP contribution in [-0.2, 0) is 11.2 Å². The molecule has 0 saturated carbocycles. The van der Waals surface area contributed by atoms with Crippen LogP contribution in [0.2, 0.25) is 0 Å². The summed E-state index contributed by atoms with van der Waals surface area (Å²) < 4.78 is 5.19. The number of primary amides is 1. The Morgan fingerprint density at radius 2 is 1.88 bits per heavy atom. The molecule has 1 rings (SSSR count). The average molecular weight is 235 g/mol. The summed E-state index contributed by atoms with van der Waals surface area (Å²) in [4.78, 5) is 10.5. The van der Waals surface area contributed by atoms with Gasteiger partial charge in [-0.15, -0.1) is 0 Å². The Morgan fingerprint density at radius 3 is 2.47 bits per heavy atom. The molecular weight excluding hydrogens is 214 g/mol. The van der Waals surface area contributed by atoms with Crippen molar-refractivity contribution in [2.45, 2.75) is 39.0 Å². The van der Waals surface area contributed by atoms with E-state index in [0.717, 1.165) is 6.42 Å². The van der Waals surface area contributed by atoms with Crippen molar-refractivity contribution in [3.05, 3.63) is 29.8 Å². The number of benzene rings is 1. The fourth-order valence-electron chi connectivity index (χ4n) is 1.66. The maximum absolute atomic E-state index is 10.5. The predicted octanol–water partition coefficient (Wildman–Crippen LogP) is 2.67. The summed E-state index contributed by atoms with van der Waals surface area (Å²) in [5, 5.41) is 0. The lowest BCUT2D eigenvalue weighted by atomic mass is 10.1. The van der Waals surface area contributed by atoms with Crippen LogP contribution in [0.1, 0.15) is 38.2 Å². The van der Waals surface area contributed by atoms with Crippen molar-refractivity contribution < 1.29 is 9.53 Å². The number of carbonyl (C=O) groups is 1.